The van der Waals surface area contributed by atoms with Crippen LogP contribution >= 0.6 is 0 Å². The summed E-state index contributed by atoms with van der Waals surface area (Å²) in [5.41, 5.74) is 4.57. The van der Waals surface area contributed by atoms with Crippen LogP contribution in [0.5, 0.6) is 0 Å². The summed E-state index contributed by atoms with van der Waals surface area (Å²) in [4.78, 5) is 6.43. The molecule has 3 nitrogen and oxygen atoms in total. The molecule has 4 rings (SSSR count). The predicted molar refractivity (Wildman–Crippen MR) is 97.4 cm³/mol. The van der Waals surface area contributed by atoms with E-state index in [4.69, 9.17) is 0 Å². The van der Waals surface area contributed by atoms with E-state index in [9.17, 15) is 8.78 Å². The fraction of sp³-hybridized carbons (Fsp3) is 0.350. The molecule has 0 amide bonds. The third-order valence-corrected chi connectivity index (χ3v) is 5.22. The highest BCUT2D eigenvalue weighted by Gasteiger charge is 2.35. The molecule has 25 heavy (non-hydrogen) atoms. The quantitative estimate of drug-likeness (QED) is 0.827. The third kappa shape index (κ3) is 2.68. The monoisotopic (exact) mass is 341 g/mol. The second-order valence-electron chi connectivity index (χ2n) is 6.71. The van der Waals surface area contributed by atoms with E-state index in [1.807, 2.05) is 32.2 Å². The standard InChI is InChI=1S/C20H21F2N3/c1-12-15(9-14(23-2)11-24-12)16-10-20-13(7-17(16)21)8-18(22)19-5-3-4-6-25(19)20/h3-4,7,9-11,18-19,23H,5-6,8H2,1-2H3. The molecule has 2 unspecified atom stereocenters. The highest BCUT2D eigenvalue weighted by Crippen LogP contribution is 2.39. The van der Waals surface area contributed by atoms with Crippen LogP contribution in [0.15, 0.2) is 36.5 Å². The van der Waals surface area contributed by atoms with Crippen LogP contribution in [0.25, 0.3) is 11.1 Å². The van der Waals surface area contributed by atoms with Gasteiger partial charge in [-0.25, -0.2) is 8.78 Å². The Hall–Kier alpha value is -2.43. The molecule has 1 aromatic carbocycles. The van der Waals surface area contributed by atoms with Crippen molar-refractivity contribution in [3.63, 3.8) is 0 Å². The lowest BCUT2D eigenvalue weighted by atomic mass is 9.88. The van der Waals surface area contributed by atoms with Crippen molar-refractivity contribution < 1.29 is 8.78 Å². The molecule has 0 saturated carbocycles. The summed E-state index contributed by atoms with van der Waals surface area (Å²) in [6, 6.07) is 5.11. The molecule has 2 atom stereocenters. The molecule has 2 aliphatic heterocycles. The zero-order valence-corrected chi connectivity index (χ0v) is 14.4. The number of benzene rings is 1. The average molecular weight is 341 g/mol. The normalized spacial score (nSPS) is 21.7. The molecule has 130 valence electrons. The van der Waals surface area contributed by atoms with E-state index < -0.39 is 6.17 Å². The lowest BCUT2D eigenvalue weighted by molar-refractivity contribution is 0.259. The SMILES string of the molecule is CNc1cnc(C)c(-c2cc3c(cc2F)CC(F)C2CC=CCN32)c1. The van der Waals surface area contributed by atoms with Crippen LogP contribution in [0.4, 0.5) is 20.2 Å². The largest absolute Gasteiger partial charge is 0.387 e. The van der Waals surface area contributed by atoms with Crippen molar-refractivity contribution in [2.75, 3.05) is 23.8 Å². The second-order valence-corrected chi connectivity index (χ2v) is 6.71. The van der Waals surface area contributed by atoms with Crippen LogP contribution in [0, 0.1) is 12.7 Å². The van der Waals surface area contributed by atoms with Crippen molar-refractivity contribution in [1.29, 1.82) is 0 Å². The number of alkyl halides is 1. The molecule has 0 spiro atoms. The average Bonchev–Trinajstić information content (AvgIpc) is 2.62. The number of aryl methyl sites for hydroxylation is 1. The van der Waals surface area contributed by atoms with Gasteiger partial charge in [0.2, 0.25) is 0 Å². The van der Waals surface area contributed by atoms with Crippen molar-refractivity contribution in [2.24, 2.45) is 0 Å². The maximum absolute atomic E-state index is 14.8. The molecule has 0 aliphatic carbocycles. The number of fused-ring (bicyclic) bond motifs is 3. The minimum absolute atomic E-state index is 0.154. The summed E-state index contributed by atoms with van der Waals surface area (Å²) in [6.45, 7) is 2.54. The van der Waals surface area contributed by atoms with Crippen LogP contribution in [-0.2, 0) is 6.42 Å². The Morgan fingerprint density at radius 1 is 1.20 bits per heavy atom. The first-order chi connectivity index (χ1) is 12.1. The second kappa shape index (κ2) is 6.14. The summed E-state index contributed by atoms with van der Waals surface area (Å²) >= 11 is 0. The van der Waals surface area contributed by atoms with Gasteiger partial charge in [-0.1, -0.05) is 12.2 Å². The minimum Gasteiger partial charge on any atom is -0.387 e. The van der Waals surface area contributed by atoms with E-state index in [2.05, 4.69) is 21.3 Å². The van der Waals surface area contributed by atoms with E-state index in [1.54, 1.807) is 6.20 Å². The van der Waals surface area contributed by atoms with E-state index >= 15 is 0 Å². The van der Waals surface area contributed by atoms with Gasteiger partial charge in [0.05, 0.1) is 17.9 Å². The Balaban J connectivity index is 1.86. The molecule has 0 bridgehead atoms. The molecule has 2 aromatic rings. The lowest BCUT2D eigenvalue weighted by Crippen LogP contribution is -2.48. The number of hydrogen-bond acceptors (Lipinski definition) is 3. The molecule has 2 aliphatic rings. The Morgan fingerprint density at radius 3 is 2.84 bits per heavy atom. The van der Waals surface area contributed by atoms with Crippen molar-refractivity contribution in [1.82, 2.24) is 4.98 Å². The molecule has 0 fully saturated rings. The highest BCUT2D eigenvalue weighted by molar-refractivity contribution is 5.76. The van der Waals surface area contributed by atoms with Crippen molar-refractivity contribution in [3.8, 4) is 11.1 Å². The van der Waals surface area contributed by atoms with Gasteiger partial charge < -0.3 is 10.2 Å². The van der Waals surface area contributed by atoms with Crippen LogP contribution in [0.3, 0.4) is 0 Å². The smallest absolute Gasteiger partial charge is 0.131 e. The highest BCUT2D eigenvalue weighted by atomic mass is 19.1. The molecule has 3 heterocycles. The van der Waals surface area contributed by atoms with Gasteiger partial charge >= 0.3 is 0 Å². The van der Waals surface area contributed by atoms with Crippen LogP contribution < -0.4 is 10.2 Å². The number of hydrogen-bond donors (Lipinski definition) is 1. The van der Waals surface area contributed by atoms with Gasteiger partial charge in [0, 0.05) is 42.5 Å². The van der Waals surface area contributed by atoms with E-state index in [-0.39, 0.29) is 18.3 Å². The van der Waals surface area contributed by atoms with E-state index in [1.165, 1.54) is 6.07 Å². The van der Waals surface area contributed by atoms with Gasteiger partial charge in [-0.3, -0.25) is 4.98 Å². The molecular formula is C20H21F2N3. The number of aromatic nitrogens is 1. The van der Waals surface area contributed by atoms with Gasteiger partial charge in [-0.15, -0.1) is 0 Å². The molecule has 0 radical (unpaired) electrons. The zero-order chi connectivity index (χ0) is 17.6. The zero-order valence-electron chi connectivity index (χ0n) is 14.4. The summed E-state index contributed by atoms with van der Waals surface area (Å²) in [7, 11) is 1.81. The molecule has 1 aromatic heterocycles. The number of rotatable bonds is 2. The van der Waals surface area contributed by atoms with Gasteiger partial charge in [-0.2, -0.15) is 0 Å². The Bertz CT molecular complexity index is 847. The van der Waals surface area contributed by atoms with Crippen molar-refractivity contribution in [3.05, 3.63) is 53.6 Å². The topological polar surface area (TPSA) is 28.2 Å². The Labute approximate surface area is 146 Å². The first kappa shape index (κ1) is 16.1. The maximum atomic E-state index is 14.8. The number of halogens is 2. The number of pyridine rings is 1. The summed E-state index contributed by atoms with van der Waals surface area (Å²) in [5.74, 6) is -0.324. The van der Waals surface area contributed by atoms with Crippen LogP contribution in [-0.4, -0.2) is 30.8 Å². The summed E-state index contributed by atoms with van der Waals surface area (Å²) in [6.07, 6.45) is 5.83. The Morgan fingerprint density at radius 2 is 2.04 bits per heavy atom. The van der Waals surface area contributed by atoms with Gasteiger partial charge in [0.1, 0.15) is 12.0 Å². The minimum atomic E-state index is -0.960. The summed E-state index contributed by atoms with van der Waals surface area (Å²) < 4.78 is 29.3. The molecule has 0 saturated heterocycles. The number of anilines is 2. The van der Waals surface area contributed by atoms with E-state index in [0.717, 1.165) is 28.2 Å². The maximum Gasteiger partial charge on any atom is 0.131 e. The first-order valence-corrected chi connectivity index (χ1v) is 8.61. The molecule has 1 N–H and O–H groups in total. The Kier molecular flexibility index (Phi) is 3.94. The number of nitrogens with one attached hydrogen (secondary N) is 1. The molecular weight excluding hydrogens is 320 g/mol. The first-order valence-electron chi connectivity index (χ1n) is 8.61. The summed E-state index contributed by atoms with van der Waals surface area (Å²) in [5, 5.41) is 3.04. The number of nitrogens with zero attached hydrogens (tertiary/aromatic N) is 2. The van der Waals surface area contributed by atoms with Gasteiger partial charge in [0.15, 0.2) is 0 Å². The van der Waals surface area contributed by atoms with Crippen LogP contribution in [0.1, 0.15) is 17.7 Å². The predicted octanol–water partition coefficient (Wildman–Crippen LogP) is 4.27. The van der Waals surface area contributed by atoms with Crippen LogP contribution in [0.2, 0.25) is 0 Å². The fourth-order valence-electron chi connectivity index (χ4n) is 3.84. The van der Waals surface area contributed by atoms with Crippen molar-refractivity contribution >= 4 is 11.4 Å². The van der Waals surface area contributed by atoms with Gasteiger partial charge in [-0.05, 0) is 37.1 Å². The molecule has 5 heteroatoms. The lowest BCUT2D eigenvalue weighted by Gasteiger charge is -2.42. The van der Waals surface area contributed by atoms with E-state index in [0.29, 0.717) is 18.5 Å². The van der Waals surface area contributed by atoms with Gasteiger partial charge in [0.25, 0.3) is 0 Å². The third-order valence-electron chi connectivity index (χ3n) is 5.22. The fourth-order valence-corrected chi connectivity index (χ4v) is 3.84. The van der Waals surface area contributed by atoms with Crippen molar-refractivity contribution in [2.45, 2.75) is 32.0 Å².